The predicted molar refractivity (Wildman–Crippen MR) is 85.1 cm³/mol. The highest BCUT2D eigenvalue weighted by Gasteiger charge is 2.25. The van der Waals surface area contributed by atoms with Crippen LogP contribution in [-0.4, -0.2) is 25.7 Å². The van der Waals surface area contributed by atoms with Gasteiger partial charge in [0.15, 0.2) is 0 Å². The molecule has 1 aliphatic rings. The van der Waals surface area contributed by atoms with Gasteiger partial charge >= 0.3 is 0 Å². The number of hydrogen-bond donors (Lipinski definition) is 2. The molecular weight excluding hydrogens is 344 g/mol. The second kappa shape index (κ2) is 7.98. The van der Waals surface area contributed by atoms with Gasteiger partial charge in [-0.3, -0.25) is 4.79 Å². The van der Waals surface area contributed by atoms with Crippen molar-refractivity contribution in [3.8, 4) is 0 Å². The van der Waals surface area contributed by atoms with Crippen LogP contribution >= 0.6 is 28.3 Å². The molecule has 112 valence electrons. The van der Waals surface area contributed by atoms with Crippen molar-refractivity contribution in [2.45, 2.75) is 31.4 Å². The molecule has 4 nitrogen and oxygen atoms in total. The summed E-state index contributed by atoms with van der Waals surface area (Å²) in [7, 11) is 1.58. The molecule has 0 saturated carbocycles. The summed E-state index contributed by atoms with van der Waals surface area (Å²) in [6.07, 6.45) is 2.05. The maximum atomic E-state index is 12.0. The number of ether oxygens (including phenoxy) is 1. The predicted octanol–water partition coefficient (Wildman–Crippen LogP) is 2.34. The molecule has 0 spiro atoms. The molecule has 0 aromatic heterocycles. The summed E-state index contributed by atoms with van der Waals surface area (Å²) in [5.74, 6) is -0.00451. The van der Waals surface area contributed by atoms with E-state index >= 15 is 0 Å². The lowest BCUT2D eigenvalue weighted by atomic mass is 10.1. The minimum atomic E-state index is -0.205. The van der Waals surface area contributed by atoms with Gasteiger partial charge in [-0.25, -0.2) is 0 Å². The summed E-state index contributed by atoms with van der Waals surface area (Å²) in [5, 5.41) is 3.07. The number of benzene rings is 1. The van der Waals surface area contributed by atoms with E-state index < -0.39 is 0 Å². The van der Waals surface area contributed by atoms with Crippen molar-refractivity contribution in [3.05, 3.63) is 33.8 Å². The summed E-state index contributed by atoms with van der Waals surface area (Å²) < 4.78 is 6.25. The fourth-order valence-corrected chi connectivity index (χ4v) is 3.06. The van der Waals surface area contributed by atoms with Gasteiger partial charge in [0.25, 0.3) is 0 Å². The summed E-state index contributed by atoms with van der Waals surface area (Å²) in [6.45, 7) is 0.358. The van der Waals surface area contributed by atoms with Crippen LogP contribution in [0.3, 0.4) is 0 Å². The van der Waals surface area contributed by atoms with Crippen LogP contribution in [0.5, 0.6) is 0 Å². The van der Waals surface area contributed by atoms with Gasteiger partial charge in [-0.15, -0.1) is 12.4 Å². The molecule has 0 heterocycles. The van der Waals surface area contributed by atoms with Crippen LogP contribution in [0.25, 0.3) is 0 Å². The Hall–Kier alpha value is -0.620. The normalized spacial score (nSPS) is 18.1. The zero-order valence-electron chi connectivity index (χ0n) is 11.4. The van der Waals surface area contributed by atoms with Gasteiger partial charge in [0.1, 0.15) is 0 Å². The minimum absolute atomic E-state index is 0. The van der Waals surface area contributed by atoms with Crippen LogP contribution < -0.4 is 11.1 Å². The number of rotatable bonds is 5. The molecule has 1 aromatic carbocycles. The van der Waals surface area contributed by atoms with Gasteiger partial charge in [0, 0.05) is 18.1 Å². The number of nitrogens with one attached hydrogen (secondary N) is 1. The largest absolute Gasteiger partial charge is 0.380 e. The number of carbonyl (C=O) groups excluding carboxylic acids is 1. The van der Waals surface area contributed by atoms with Crippen molar-refractivity contribution in [2.75, 3.05) is 13.7 Å². The van der Waals surface area contributed by atoms with Crippen molar-refractivity contribution in [2.24, 2.45) is 5.73 Å². The Labute approximate surface area is 134 Å². The van der Waals surface area contributed by atoms with E-state index in [0.717, 1.165) is 17.3 Å². The van der Waals surface area contributed by atoms with Gasteiger partial charge < -0.3 is 15.8 Å². The third-order valence-corrected chi connectivity index (χ3v) is 4.30. The average molecular weight is 364 g/mol. The van der Waals surface area contributed by atoms with E-state index in [-0.39, 0.29) is 30.5 Å². The number of fused-ring (bicyclic) bond motifs is 1. The van der Waals surface area contributed by atoms with E-state index in [2.05, 4.69) is 27.3 Å². The number of carbonyl (C=O) groups is 1. The van der Waals surface area contributed by atoms with E-state index in [9.17, 15) is 4.79 Å². The molecule has 20 heavy (non-hydrogen) atoms. The maximum absolute atomic E-state index is 12.0. The summed E-state index contributed by atoms with van der Waals surface area (Å²) >= 11 is 3.55. The zero-order chi connectivity index (χ0) is 13.8. The first-order valence-corrected chi connectivity index (χ1v) is 7.24. The highest BCUT2D eigenvalue weighted by Crippen LogP contribution is 2.35. The van der Waals surface area contributed by atoms with Gasteiger partial charge in [-0.1, -0.05) is 28.1 Å². The molecule has 0 bridgehead atoms. The smallest absolute Gasteiger partial charge is 0.223 e. The lowest BCUT2D eigenvalue weighted by Crippen LogP contribution is -2.33. The summed E-state index contributed by atoms with van der Waals surface area (Å²) in [5.41, 5.74) is 8.04. The quantitative estimate of drug-likeness (QED) is 0.844. The van der Waals surface area contributed by atoms with Crippen molar-refractivity contribution in [1.29, 1.82) is 0 Å². The number of methoxy groups -OCH3 is 1. The Morgan fingerprint density at radius 2 is 2.35 bits per heavy atom. The molecular formula is C14H20BrClN2O2. The highest BCUT2D eigenvalue weighted by atomic mass is 79.9. The summed E-state index contributed by atoms with van der Waals surface area (Å²) in [6, 6.07) is 6.23. The second-order valence-corrected chi connectivity index (χ2v) is 5.62. The lowest BCUT2D eigenvalue weighted by molar-refractivity contribution is -0.124. The third kappa shape index (κ3) is 3.95. The van der Waals surface area contributed by atoms with Crippen LogP contribution in [0.4, 0.5) is 0 Å². The van der Waals surface area contributed by atoms with E-state index in [1.807, 2.05) is 12.1 Å². The highest BCUT2D eigenvalue weighted by molar-refractivity contribution is 9.10. The first-order chi connectivity index (χ1) is 9.15. The molecule has 0 saturated heterocycles. The van der Waals surface area contributed by atoms with Gasteiger partial charge in [-0.2, -0.15) is 0 Å². The monoisotopic (exact) mass is 362 g/mol. The number of nitrogens with two attached hydrogens (primary N) is 1. The zero-order valence-corrected chi connectivity index (χ0v) is 13.8. The van der Waals surface area contributed by atoms with Crippen LogP contribution in [0.15, 0.2) is 22.7 Å². The second-order valence-electron chi connectivity index (χ2n) is 4.76. The molecule has 0 aliphatic heterocycles. The third-order valence-electron chi connectivity index (χ3n) is 3.56. The van der Waals surface area contributed by atoms with E-state index in [1.165, 1.54) is 11.1 Å². The average Bonchev–Trinajstić information content (AvgIpc) is 2.81. The van der Waals surface area contributed by atoms with E-state index in [1.54, 1.807) is 7.11 Å². The molecule has 1 aliphatic carbocycles. The molecule has 2 rings (SSSR count). The number of amides is 1. The van der Waals surface area contributed by atoms with Crippen LogP contribution in [-0.2, 0) is 16.0 Å². The Kier molecular flexibility index (Phi) is 6.95. The van der Waals surface area contributed by atoms with Gasteiger partial charge in [-0.05, 0) is 30.0 Å². The molecule has 2 atom stereocenters. The molecule has 0 fully saturated rings. The van der Waals surface area contributed by atoms with Crippen LogP contribution in [0.2, 0.25) is 0 Å². The van der Waals surface area contributed by atoms with Crippen molar-refractivity contribution in [1.82, 2.24) is 5.32 Å². The topological polar surface area (TPSA) is 64.3 Å². The molecule has 2 unspecified atom stereocenters. The molecule has 1 aromatic rings. The Morgan fingerprint density at radius 3 is 3.00 bits per heavy atom. The SMILES string of the molecule is COC(CN)CC(=O)NC1CCc2c(Br)cccc21.Cl. The van der Waals surface area contributed by atoms with Crippen molar-refractivity contribution < 1.29 is 9.53 Å². The minimum Gasteiger partial charge on any atom is -0.380 e. The number of hydrogen-bond acceptors (Lipinski definition) is 3. The van der Waals surface area contributed by atoms with E-state index in [0.29, 0.717) is 13.0 Å². The van der Waals surface area contributed by atoms with Gasteiger partial charge in [0.2, 0.25) is 5.91 Å². The standard InChI is InChI=1S/C14H19BrN2O2.ClH/c1-19-9(8-16)7-14(18)17-13-6-5-10-11(13)3-2-4-12(10)15;/h2-4,9,13H,5-8,16H2,1H3,(H,17,18);1H. The van der Waals surface area contributed by atoms with Crippen molar-refractivity contribution in [3.63, 3.8) is 0 Å². The maximum Gasteiger partial charge on any atom is 0.223 e. The first-order valence-electron chi connectivity index (χ1n) is 6.45. The van der Waals surface area contributed by atoms with Crippen molar-refractivity contribution >= 4 is 34.2 Å². The lowest BCUT2D eigenvalue weighted by Gasteiger charge is -2.17. The van der Waals surface area contributed by atoms with E-state index in [4.69, 9.17) is 10.5 Å². The Morgan fingerprint density at radius 1 is 1.60 bits per heavy atom. The van der Waals surface area contributed by atoms with Crippen LogP contribution in [0, 0.1) is 0 Å². The molecule has 6 heteroatoms. The number of halogens is 2. The Bertz CT molecular complexity index is 466. The summed E-state index contributed by atoms with van der Waals surface area (Å²) in [4.78, 5) is 12.0. The fourth-order valence-electron chi connectivity index (χ4n) is 2.48. The molecule has 0 radical (unpaired) electrons. The van der Waals surface area contributed by atoms with Crippen LogP contribution in [0.1, 0.15) is 30.0 Å². The molecule has 1 amide bonds. The first kappa shape index (κ1) is 17.4. The van der Waals surface area contributed by atoms with Gasteiger partial charge in [0.05, 0.1) is 18.6 Å². The molecule has 3 N–H and O–H groups in total. The Balaban J connectivity index is 0.00000200. The fraction of sp³-hybridized carbons (Fsp3) is 0.500.